The van der Waals surface area contributed by atoms with Gasteiger partial charge in [-0.2, -0.15) is 0 Å². The van der Waals surface area contributed by atoms with E-state index in [0.717, 1.165) is 38.5 Å². The van der Waals surface area contributed by atoms with Crippen molar-refractivity contribution >= 4 is 17.7 Å². The van der Waals surface area contributed by atoms with Crippen molar-refractivity contribution in [1.29, 1.82) is 0 Å². The second-order valence-electron chi connectivity index (χ2n) is 7.82. The molecular formula is C24H30N2O5. The zero-order valence-electron chi connectivity index (χ0n) is 18.4. The Morgan fingerprint density at radius 3 is 2.29 bits per heavy atom. The van der Waals surface area contributed by atoms with Crippen LogP contribution in [0.3, 0.4) is 0 Å². The van der Waals surface area contributed by atoms with Gasteiger partial charge in [0.15, 0.2) is 0 Å². The fraction of sp³-hybridized carbons (Fsp3) is 0.458. The van der Waals surface area contributed by atoms with E-state index in [1.54, 1.807) is 45.2 Å². The summed E-state index contributed by atoms with van der Waals surface area (Å²) >= 11 is 0. The maximum Gasteiger partial charge on any atom is 0.340 e. The van der Waals surface area contributed by atoms with Crippen LogP contribution in [0.25, 0.3) is 11.1 Å². The van der Waals surface area contributed by atoms with Crippen molar-refractivity contribution in [3.63, 3.8) is 0 Å². The van der Waals surface area contributed by atoms with Crippen LogP contribution in [0.4, 0.5) is 0 Å². The molecule has 1 aromatic carbocycles. The van der Waals surface area contributed by atoms with Gasteiger partial charge in [-0.05, 0) is 44.4 Å². The van der Waals surface area contributed by atoms with Gasteiger partial charge in [-0.3, -0.25) is 9.59 Å². The Balaban J connectivity index is 1.97. The van der Waals surface area contributed by atoms with Gasteiger partial charge in [-0.25, -0.2) is 4.79 Å². The van der Waals surface area contributed by atoms with Gasteiger partial charge in [-0.1, -0.05) is 37.8 Å². The number of methoxy groups -OCH3 is 1. The lowest BCUT2D eigenvalue weighted by Crippen LogP contribution is -2.39. The first kappa shape index (κ1) is 22.6. The van der Waals surface area contributed by atoms with E-state index in [2.05, 4.69) is 10.3 Å². The van der Waals surface area contributed by atoms with Crippen molar-refractivity contribution in [2.75, 3.05) is 13.7 Å². The van der Waals surface area contributed by atoms with Gasteiger partial charge in [0, 0.05) is 17.3 Å². The number of ether oxygens (including phenoxy) is 2. The Kier molecular flexibility index (Phi) is 7.50. The molecule has 1 heterocycles. The van der Waals surface area contributed by atoms with Crippen molar-refractivity contribution in [3.8, 4) is 16.9 Å². The van der Waals surface area contributed by atoms with E-state index in [1.807, 2.05) is 0 Å². The van der Waals surface area contributed by atoms with Gasteiger partial charge in [0.05, 0.1) is 19.3 Å². The largest absolute Gasteiger partial charge is 0.497 e. The van der Waals surface area contributed by atoms with Gasteiger partial charge in [-0.15, -0.1) is 0 Å². The number of nitrogens with one attached hydrogen (secondary N) is 2. The third kappa shape index (κ3) is 5.16. The molecule has 1 aliphatic rings. The first-order valence-corrected chi connectivity index (χ1v) is 10.9. The SMILES string of the molecule is CCOC(=O)c1c(C)[nH]c(C(=O)C(=O)NC2CCCCCC2)c1-c1ccc(OC)cc1. The molecule has 0 aliphatic heterocycles. The number of ketones is 1. The van der Waals surface area contributed by atoms with Gasteiger partial charge < -0.3 is 19.8 Å². The van der Waals surface area contributed by atoms with E-state index < -0.39 is 17.7 Å². The van der Waals surface area contributed by atoms with E-state index in [4.69, 9.17) is 9.47 Å². The fourth-order valence-corrected chi connectivity index (χ4v) is 4.09. The number of H-pyrrole nitrogens is 1. The number of aromatic amines is 1. The second kappa shape index (κ2) is 10.3. The van der Waals surface area contributed by atoms with Crippen LogP contribution in [0.15, 0.2) is 24.3 Å². The topological polar surface area (TPSA) is 97.5 Å². The third-order valence-corrected chi connectivity index (χ3v) is 5.67. The molecule has 0 saturated heterocycles. The highest BCUT2D eigenvalue weighted by molar-refractivity contribution is 6.44. The van der Waals surface area contributed by atoms with Crippen molar-refractivity contribution in [3.05, 3.63) is 41.2 Å². The number of aryl methyl sites for hydroxylation is 1. The molecule has 2 N–H and O–H groups in total. The molecule has 1 aromatic heterocycles. The summed E-state index contributed by atoms with van der Waals surface area (Å²) in [5, 5.41) is 2.89. The Morgan fingerprint density at radius 2 is 1.71 bits per heavy atom. The van der Waals surface area contributed by atoms with Crippen LogP contribution in [-0.2, 0) is 9.53 Å². The minimum Gasteiger partial charge on any atom is -0.497 e. The molecule has 3 rings (SSSR count). The van der Waals surface area contributed by atoms with E-state index in [9.17, 15) is 14.4 Å². The molecule has 0 bridgehead atoms. The molecule has 1 aliphatic carbocycles. The number of Topliss-reactive ketones (excluding diaryl/α,β-unsaturated/α-hetero) is 1. The summed E-state index contributed by atoms with van der Waals surface area (Å²) in [6, 6.07) is 7.00. The van der Waals surface area contributed by atoms with E-state index >= 15 is 0 Å². The molecule has 166 valence electrons. The Hall–Kier alpha value is -3.09. The smallest absolute Gasteiger partial charge is 0.340 e. The first-order chi connectivity index (χ1) is 15.0. The van der Waals surface area contributed by atoms with Crippen LogP contribution in [0, 0.1) is 6.92 Å². The summed E-state index contributed by atoms with van der Waals surface area (Å²) in [5.41, 5.74) is 1.84. The minimum absolute atomic E-state index is 0.00368. The maximum atomic E-state index is 13.1. The Bertz CT molecular complexity index is 938. The first-order valence-electron chi connectivity index (χ1n) is 10.9. The van der Waals surface area contributed by atoms with E-state index in [1.165, 1.54) is 0 Å². The van der Waals surface area contributed by atoms with Crippen molar-refractivity contribution in [1.82, 2.24) is 10.3 Å². The molecule has 0 spiro atoms. The molecule has 31 heavy (non-hydrogen) atoms. The van der Waals surface area contributed by atoms with Gasteiger partial charge in [0.1, 0.15) is 11.4 Å². The van der Waals surface area contributed by atoms with Crippen molar-refractivity contribution in [2.45, 2.75) is 58.4 Å². The van der Waals surface area contributed by atoms with Gasteiger partial charge >= 0.3 is 5.97 Å². The van der Waals surface area contributed by atoms with Crippen LogP contribution < -0.4 is 10.1 Å². The zero-order valence-corrected chi connectivity index (χ0v) is 18.4. The predicted octanol–water partition coefficient (Wildman–Crippen LogP) is 4.20. The Labute approximate surface area is 182 Å². The highest BCUT2D eigenvalue weighted by Gasteiger charge is 2.30. The molecule has 7 heteroatoms. The molecule has 1 fully saturated rings. The van der Waals surface area contributed by atoms with Gasteiger partial charge in [0.2, 0.25) is 0 Å². The zero-order chi connectivity index (χ0) is 22.4. The summed E-state index contributed by atoms with van der Waals surface area (Å²) < 4.78 is 10.4. The molecular weight excluding hydrogens is 396 g/mol. The number of rotatable bonds is 7. The number of benzene rings is 1. The molecule has 2 aromatic rings. The third-order valence-electron chi connectivity index (χ3n) is 5.67. The average molecular weight is 427 g/mol. The summed E-state index contributed by atoms with van der Waals surface area (Å²) in [5.74, 6) is -1.23. The van der Waals surface area contributed by atoms with E-state index in [-0.39, 0.29) is 23.9 Å². The number of esters is 1. The minimum atomic E-state index is -0.686. The van der Waals surface area contributed by atoms with Crippen LogP contribution in [-0.4, -0.2) is 42.4 Å². The quantitative estimate of drug-likeness (QED) is 0.299. The predicted molar refractivity (Wildman–Crippen MR) is 117 cm³/mol. The van der Waals surface area contributed by atoms with Crippen LogP contribution in [0.2, 0.25) is 0 Å². The highest BCUT2D eigenvalue weighted by Crippen LogP contribution is 2.32. The van der Waals surface area contributed by atoms with Crippen LogP contribution in [0.5, 0.6) is 5.75 Å². The number of hydrogen-bond donors (Lipinski definition) is 2. The molecule has 0 radical (unpaired) electrons. The molecule has 7 nitrogen and oxygen atoms in total. The van der Waals surface area contributed by atoms with Crippen LogP contribution in [0.1, 0.15) is 72.0 Å². The number of carbonyl (C=O) groups is 3. The maximum absolute atomic E-state index is 13.1. The normalized spacial score (nSPS) is 14.5. The van der Waals surface area contributed by atoms with Gasteiger partial charge in [0.25, 0.3) is 11.7 Å². The average Bonchev–Trinajstić information content (AvgIpc) is 2.92. The molecule has 0 unspecified atom stereocenters. The lowest BCUT2D eigenvalue weighted by molar-refractivity contribution is -0.117. The number of hydrogen-bond acceptors (Lipinski definition) is 5. The molecule has 1 amide bonds. The number of amides is 1. The van der Waals surface area contributed by atoms with E-state index in [0.29, 0.717) is 22.6 Å². The number of carbonyl (C=O) groups excluding carboxylic acids is 3. The summed E-state index contributed by atoms with van der Waals surface area (Å²) in [6.45, 7) is 3.62. The molecule has 0 atom stereocenters. The fourth-order valence-electron chi connectivity index (χ4n) is 4.09. The number of aromatic nitrogens is 1. The summed E-state index contributed by atoms with van der Waals surface area (Å²) in [7, 11) is 1.56. The summed E-state index contributed by atoms with van der Waals surface area (Å²) in [6.07, 6.45) is 6.15. The highest BCUT2D eigenvalue weighted by atomic mass is 16.5. The molecule has 1 saturated carbocycles. The van der Waals surface area contributed by atoms with Crippen LogP contribution >= 0.6 is 0 Å². The lowest BCUT2D eigenvalue weighted by atomic mass is 9.98. The van der Waals surface area contributed by atoms with Crippen molar-refractivity contribution < 1.29 is 23.9 Å². The standard InChI is InChI=1S/C24H30N2O5/c1-4-31-24(29)19-15(2)25-21(20(19)16-11-13-18(30-3)14-12-16)22(27)23(28)26-17-9-7-5-6-8-10-17/h11-14,17,25H,4-10H2,1-3H3,(H,26,28). The van der Waals surface area contributed by atoms with Crippen molar-refractivity contribution in [2.24, 2.45) is 0 Å². The summed E-state index contributed by atoms with van der Waals surface area (Å²) in [4.78, 5) is 41.6. The Morgan fingerprint density at radius 1 is 1.06 bits per heavy atom. The second-order valence-corrected chi connectivity index (χ2v) is 7.82. The lowest BCUT2D eigenvalue weighted by Gasteiger charge is -2.15. The monoisotopic (exact) mass is 426 g/mol.